The summed E-state index contributed by atoms with van der Waals surface area (Å²) in [7, 11) is 0. The first-order valence-electron chi connectivity index (χ1n) is 18.1. The van der Waals surface area contributed by atoms with Crippen molar-refractivity contribution in [1.82, 2.24) is 20.9 Å². The number of urea groups is 1. The summed E-state index contributed by atoms with van der Waals surface area (Å²) in [5.74, 6) is -5.02. The molecule has 5 atom stereocenters. The molecule has 0 aliphatic carbocycles. The normalized spacial score (nSPS) is 16.0. The lowest BCUT2D eigenvalue weighted by atomic mass is 9.96. The predicted octanol–water partition coefficient (Wildman–Crippen LogP) is 3.13. The van der Waals surface area contributed by atoms with Gasteiger partial charge >= 0.3 is 12.0 Å². The van der Waals surface area contributed by atoms with Crippen LogP contribution in [-0.4, -0.2) is 82.3 Å². The highest BCUT2D eigenvalue weighted by atomic mass is 16.4. The number of para-hydroxylation sites is 1. The average Bonchev–Trinajstić information content (AvgIpc) is 3.61. The van der Waals surface area contributed by atoms with Crippen LogP contribution in [0.15, 0.2) is 42.5 Å². The Balaban J connectivity index is 1.66. The van der Waals surface area contributed by atoms with Gasteiger partial charge in [-0.2, -0.15) is 0 Å². The summed E-state index contributed by atoms with van der Waals surface area (Å²) >= 11 is 0. The second-order valence-electron chi connectivity index (χ2n) is 13.6. The number of aryl methyl sites for hydroxylation is 2. The van der Waals surface area contributed by atoms with Gasteiger partial charge in [0.1, 0.15) is 24.2 Å². The molecule has 1 fully saturated rings. The molecule has 0 aromatic heterocycles. The van der Waals surface area contributed by atoms with Gasteiger partial charge in [-0.15, -0.1) is 0 Å². The highest BCUT2D eigenvalue weighted by molar-refractivity contribution is 6.01. The smallest absolute Gasteiger partial charge is 0.323 e. The minimum atomic E-state index is -1.56. The third-order valence-electron chi connectivity index (χ3n) is 9.45. The van der Waals surface area contributed by atoms with Gasteiger partial charge in [0.25, 0.3) is 0 Å². The summed E-state index contributed by atoms with van der Waals surface area (Å²) in [6.45, 7) is 9.56. The molecule has 8 N–H and O–H groups in total. The lowest BCUT2D eigenvalue weighted by Gasteiger charge is -2.32. The van der Waals surface area contributed by atoms with Crippen molar-refractivity contribution >= 4 is 52.9 Å². The first-order chi connectivity index (χ1) is 25.1. The van der Waals surface area contributed by atoms with Gasteiger partial charge in [0, 0.05) is 17.9 Å². The SMILES string of the molecule is CCCC[C@H](NC(=O)Cc1ccc(NC(=O)Nc2c(C)cccc2C)cc1)C(=O)N[C@@H](CC(=O)O)C(=O)N[C@H](C(=O)N1CCC[C@H]1C(N)=O)C(C)CC. The van der Waals surface area contributed by atoms with E-state index in [9.17, 15) is 38.7 Å². The maximum atomic E-state index is 13.5. The first-order valence-corrected chi connectivity index (χ1v) is 18.1. The number of carboxylic acids is 1. The van der Waals surface area contributed by atoms with Crippen LogP contribution in [0.2, 0.25) is 0 Å². The van der Waals surface area contributed by atoms with Crippen LogP contribution in [-0.2, 0) is 35.2 Å². The molecule has 2 aromatic carbocycles. The summed E-state index contributed by atoms with van der Waals surface area (Å²) in [6.07, 6.45) is 2.07. The number of aliphatic carboxylic acids is 1. The number of hydrogen-bond donors (Lipinski definition) is 7. The Labute approximate surface area is 310 Å². The number of amides is 7. The lowest BCUT2D eigenvalue weighted by molar-refractivity contribution is -0.144. The number of nitrogens with zero attached hydrogens (tertiary/aromatic N) is 1. The minimum absolute atomic E-state index is 0.0919. The molecule has 2 aromatic rings. The molecular formula is C38H53N7O8. The number of anilines is 2. The second-order valence-corrected chi connectivity index (χ2v) is 13.6. The molecule has 0 radical (unpaired) electrons. The van der Waals surface area contributed by atoms with Crippen molar-refractivity contribution in [1.29, 1.82) is 0 Å². The van der Waals surface area contributed by atoms with Crippen LogP contribution in [0.25, 0.3) is 0 Å². The fourth-order valence-electron chi connectivity index (χ4n) is 6.20. The minimum Gasteiger partial charge on any atom is -0.481 e. The fourth-order valence-corrected chi connectivity index (χ4v) is 6.20. The van der Waals surface area contributed by atoms with E-state index in [0.717, 1.165) is 16.8 Å². The molecule has 1 saturated heterocycles. The predicted molar refractivity (Wildman–Crippen MR) is 200 cm³/mol. The molecule has 1 aliphatic heterocycles. The number of hydrogen-bond acceptors (Lipinski definition) is 7. The standard InChI is InChI=1S/C38H53N7O8/c1-6-8-13-27(41-30(46)20-25-15-17-26(18-16-25)40-38(53)44-32-23(4)11-9-12-24(32)5)35(50)42-28(21-31(47)48)36(51)43-33(22(3)7-2)37(52)45-19-10-14-29(45)34(39)49/h9,11-12,15-18,22,27-29,33H,6-8,10,13-14,19-21H2,1-5H3,(H2,39,49)(H,41,46)(H,42,50)(H,43,51)(H,47,48)(H2,40,44,53)/t22?,27-,28-,29-,33-/m0/s1. The van der Waals surface area contributed by atoms with E-state index in [-0.39, 0.29) is 25.3 Å². The third-order valence-corrected chi connectivity index (χ3v) is 9.45. The van der Waals surface area contributed by atoms with Gasteiger partial charge in [-0.1, -0.05) is 70.4 Å². The van der Waals surface area contributed by atoms with Crippen LogP contribution in [0.1, 0.15) is 82.4 Å². The highest BCUT2D eigenvalue weighted by Gasteiger charge is 2.39. The Morgan fingerprint density at radius 3 is 2.11 bits per heavy atom. The number of unbranched alkanes of at least 4 members (excludes halogenated alkanes) is 1. The number of carbonyl (C=O) groups is 7. The second kappa shape index (κ2) is 20.0. The molecule has 0 bridgehead atoms. The Morgan fingerprint density at radius 2 is 1.53 bits per heavy atom. The topological polar surface area (TPSA) is 229 Å². The van der Waals surface area contributed by atoms with Gasteiger partial charge in [0.2, 0.25) is 29.5 Å². The Kier molecular flexibility index (Phi) is 15.8. The van der Waals surface area contributed by atoms with E-state index in [1.807, 2.05) is 45.9 Å². The van der Waals surface area contributed by atoms with E-state index < -0.39 is 72.1 Å². The summed E-state index contributed by atoms with van der Waals surface area (Å²) in [5, 5.41) is 23.0. The zero-order valence-corrected chi connectivity index (χ0v) is 31.1. The number of rotatable bonds is 18. The van der Waals surface area contributed by atoms with Crippen LogP contribution in [0.4, 0.5) is 16.2 Å². The molecule has 7 amide bonds. The van der Waals surface area contributed by atoms with E-state index in [1.54, 1.807) is 31.2 Å². The first kappa shape index (κ1) is 41.9. The number of nitrogens with two attached hydrogens (primary N) is 1. The molecule has 288 valence electrons. The molecule has 1 aliphatic rings. The summed E-state index contributed by atoms with van der Waals surface area (Å²) in [4.78, 5) is 91.4. The molecule has 15 nitrogen and oxygen atoms in total. The van der Waals surface area contributed by atoms with Crippen LogP contribution >= 0.6 is 0 Å². The van der Waals surface area contributed by atoms with E-state index >= 15 is 0 Å². The van der Waals surface area contributed by atoms with Gasteiger partial charge in [0.05, 0.1) is 12.8 Å². The number of benzene rings is 2. The quantitative estimate of drug-likeness (QED) is 0.120. The lowest BCUT2D eigenvalue weighted by Crippen LogP contribution is -2.59. The molecule has 3 rings (SSSR count). The molecule has 0 saturated carbocycles. The monoisotopic (exact) mass is 735 g/mol. The van der Waals surface area contributed by atoms with Crippen LogP contribution in [0.5, 0.6) is 0 Å². The Morgan fingerprint density at radius 1 is 0.887 bits per heavy atom. The number of carboxylic acid groups (broad SMARTS) is 1. The maximum Gasteiger partial charge on any atom is 0.323 e. The van der Waals surface area contributed by atoms with Crippen LogP contribution in [0.3, 0.4) is 0 Å². The van der Waals surface area contributed by atoms with Crippen molar-refractivity contribution in [3.05, 3.63) is 59.2 Å². The zero-order chi connectivity index (χ0) is 39.2. The number of likely N-dealkylation sites (tertiary alicyclic amines) is 1. The van der Waals surface area contributed by atoms with E-state index in [1.165, 1.54) is 4.90 Å². The van der Waals surface area contributed by atoms with E-state index in [0.29, 0.717) is 43.4 Å². The van der Waals surface area contributed by atoms with Crippen molar-refractivity contribution < 1.29 is 38.7 Å². The molecule has 15 heteroatoms. The van der Waals surface area contributed by atoms with Crippen molar-refractivity contribution in [2.75, 3.05) is 17.2 Å². The van der Waals surface area contributed by atoms with Gasteiger partial charge in [-0.05, 0) is 67.9 Å². The van der Waals surface area contributed by atoms with Crippen LogP contribution < -0.4 is 32.3 Å². The van der Waals surface area contributed by atoms with Crippen molar-refractivity contribution in [2.45, 2.75) is 110 Å². The number of primary amides is 1. The average molecular weight is 736 g/mol. The largest absolute Gasteiger partial charge is 0.481 e. The van der Waals surface area contributed by atoms with Gasteiger partial charge in [-0.25, -0.2) is 4.79 Å². The molecule has 53 heavy (non-hydrogen) atoms. The molecular weight excluding hydrogens is 682 g/mol. The number of carbonyl (C=O) groups excluding carboxylic acids is 6. The maximum absolute atomic E-state index is 13.5. The van der Waals surface area contributed by atoms with Gasteiger partial charge in [-0.3, -0.25) is 28.8 Å². The third kappa shape index (κ3) is 12.3. The zero-order valence-electron chi connectivity index (χ0n) is 31.1. The van der Waals surface area contributed by atoms with Crippen molar-refractivity contribution in [3.63, 3.8) is 0 Å². The number of nitrogens with one attached hydrogen (secondary N) is 5. The van der Waals surface area contributed by atoms with Crippen molar-refractivity contribution in [2.24, 2.45) is 11.7 Å². The molecule has 1 heterocycles. The van der Waals surface area contributed by atoms with Gasteiger partial charge < -0.3 is 42.3 Å². The fraction of sp³-hybridized carbons (Fsp3) is 0.500. The molecule has 0 spiro atoms. The Bertz CT molecular complexity index is 1630. The van der Waals surface area contributed by atoms with E-state index in [2.05, 4.69) is 26.6 Å². The van der Waals surface area contributed by atoms with Crippen molar-refractivity contribution in [3.8, 4) is 0 Å². The Hall–Kier alpha value is -5.47. The summed E-state index contributed by atoms with van der Waals surface area (Å²) in [6, 6.07) is 7.40. The van der Waals surface area contributed by atoms with Gasteiger partial charge in [0.15, 0.2) is 0 Å². The summed E-state index contributed by atoms with van der Waals surface area (Å²) in [5.41, 5.74) is 9.19. The van der Waals surface area contributed by atoms with E-state index in [4.69, 9.17) is 5.73 Å². The molecule has 1 unspecified atom stereocenters. The highest BCUT2D eigenvalue weighted by Crippen LogP contribution is 2.22. The van der Waals surface area contributed by atoms with Crippen LogP contribution in [0, 0.1) is 19.8 Å². The summed E-state index contributed by atoms with van der Waals surface area (Å²) < 4.78 is 0.